The lowest BCUT2D eigenvalue weighted by atomic mass is 9.98. The zero-order valence-corrected chi connectivity index (χ0v) is 21.5. The van der Waals surface area contributed by atoms with Crippen LogP contribution in [-0.2, 0) is 28.8 Å². The molecular formula is C29H29F3N2O5. The summed E-state index contributed by atoms with van der Waals surface area (Å²) in [6.45, 7) is 4.12. The summed E-state index contributed by atoms with van der Waals surface area (Å²) in [4.78, 5) is 40.6. The molecule has 1 N–H and O–H groups in total. The Labute approximate surface area is 224 Å². The van der Waals surface area contributed by atoms with Gasteiger partial charge < -0.3 is 14.7 Å². The minimum absolute atomic E-state index is 0.0476. The van der Waals surface area contributed by atoms with Crippen LogP contribution in [0.2, 0.25) is 0 Å². The van der Waals surface area contributed by atoms with E-state index in [4.69, 9.17) is 9.84 Å². The van der Waals surface area contributed by atoms with E-state index in [0.717, 1.165) is 17.7 Å². The summed E-state index contributed by atoms with van der Waals surface area (Å²) in [5, 5.41) is 9.10. The molecule has 3 aromatic rings. The van der Waals surface area contributed by atoms with Crippen molar-refractivity contribution in [1.29, 1.82) is 0 Å². The van der Waals surface area contributed by atoms with E-state index in [9.17, 15) is 27.6 Å². The number of carboxylic acids is 1. The maximum absolute atomic E-state index is 13.6. The van der Waals surface area contributed by atoms with Gasteiger partial charge in [0, 0.05) is 31.4 Å². The molecule has 0 aliphatic rings. The monoisotopic (exact) mass is 542 g/mol. The third-order valence-corrected chi connectivity index (χ3v) is 5.96. The lowest BCUT2D eigenvalue weighted by Crippen LogP contribution is -2.41. The first-order valence-electron chi connectivity index (χ1n) is 12.3. The average Bonchev–Trinajstić information content (AvgIpc) is 2.90. The minimum atomic E-state index is -4.62. The van der Waals surface area contributed by atoms with Crippen LogP contribution in [0, 0.1) is 5.92 Å². The van der Waals surface area contributed by atoms with Crippen LogP contribution in [-0.4, -0.2) is 40.7 Å². The van der Waals surface area contributed by atoms with Gasteiger partial charge in [-0.25, -0.2) is 4.79 Å². The van der Waals surface area contributed by atoms with Crippen LogP contribution >= 0.6 is 0 Å². The molecule has 1 unspecified atom stereocenters. The molecule has 1 aromatic heterocycles. The highest BCUT2D eigenvalue weighted by atomic mass is 19.4. The standard InChI is InChI=1S/C29H29F3N2O5/c1-19(2)16-34(24(14-25(36)17-35)12-21-4-3-11-33-15-21)26-10-9-23(29(30,31)32)13-27(26)39-18-20-5-7-22(8-6-20)28(37)38/h3-11,13,15,17,19,24H,12,14,16,18H2,1-2H3,(H,37,38). The highest BCUT2D eigenvalue weighted by Gasteiger charge is 2.33. The molecule has 3 rings (SSSR count). The molecule has 7 nitrogen and oxygen atoms in total. The molecule has 0 aliphatic carbocycles. The summed E-state index contributed by atoms with van der Waals surface area (Å²) in [6.07, 6.45) is -0.970. The van der Waals surface area contributed by atoms with Crippen molar-refractivity contribution in [2.75, 3.05) is 11.4 Å². The maximum atomic E-state index is 13.6. The van der Waals surface area contributed by atoms with Gasteiger partial charge in [-0.05, 0) is 59.9 Å². The van der Waals surface area contributed by atoms with E-state index >= 15 is 0 Å². The smallest absolute Gasteiger partial charge is 0.416 e. The molecule has 0 aliphatic heterocycles. The number of rotatable bonds is 13. The van der Waals surface area contributed by atoms with Gasteiger partial charge in [0.25, 0.3) is 0 Å². The van der Waals surface area contributed by atoms with Crippen LogP contribution < -0.4 is 9.64 Å². The first kappa shape index (κ1) is 29.3. The van der Waals surface area contributed by atoms with E-state index in [0.29, 0.717) is 24.2 Å². The number of alkyl halides is 3. The number of aromatic nitrogens is 1. The van der Waals surface area contributed by atoms with Crippen molar-refractivity contribution in [1.82, 2.24) is 4.98 Å². The molecule has 1 heterocycles. The molecule has 0 saturated heterocycles. The number of ether oxygens (including phenoxy) is 1. The van der Waals surface area contributed by atoms with Gasteiger partial charge in [-0.1, -0.05) is 32.0 Å². The summed E-state index contributed by atoms with van der Waals surface area (Å²) in [7, 11) is 0. The second-order valence-electron chi connectivity index (χ2n) is 9.52. The number of aromatic carboxylic acids is 1. The Hall–Kier alpha value is -4.21. The van der Waals surface area contributed by atoms with Crippen LogP contribution in [0.15, 0.2) is 67.0 Å². The number of nitrogens with zero attached hydrogens (tertiary/aromatic N) is 2. The Kier molecular flexibility index (Phi) is 9.81. The number of benzene rings is 2. The predicted molar refractivity (Wildman–Crippen MR) is 139 cm³/mol. The average molecular weight is 543 g/mol. The third kappa shape index (κ3) is 8.39. The van der Waals surface area contributed by atoms with E-state index in [-0.39, 0.29) is 36.5 Å². The molecule has 0 saturated carbocycles. The number of anilines is 1. The minimum Gasteiger partial charge on any atom is -0.487 e. The van der Waals surface area contributed by atoms with Gasteiger partial charge in [0.1, 0.15) is 12.4 Å². The first-order chi connectivity index (χ1) is 18.5. The molecule has 0 amide bonds. The zero-order chi connectivity index (χ0) is 28.6. The van der Waals surface area contributed by atoms with Crippen LogP contribution in [0.25, 0.3) is 0 Å². The van der Waals surface area contributed by atoms with Crippen LogP contribution in [0.1, 0.15) is 47.3 Å². The normalized spacial score (nSPS) is 12.2. The number of ketones is 1. The molecule has 0 spiro atoms. The van der Waals surface area contributed by atoms with Gasteiger partial charge >= 0.3 is 12.1 Å². The maximum Gasteiger partial charge on any atom is 0.416 e. The third-order valence-electron chi connectivity index (χ3n) is 5.96. The molecule has 206 valence electrons. The van der Waals surface area contributed by atoms with Crippen LogP contribution in [0.5, 0.6) is 5.75 Å². The van der Waals surface area contributed by atoms with Crippen molar-refractivity contribution in [3.05, 3.63) is 89.2 Å². The first-order valence-corrected chi connectivity index (χ1v) is 12.3. The van der Waals surface area contributed by atoms with Gasteiger partial charge in [-0.15, -0.1) is 0 Å². The highest BCUT2D eigenvalue weighted by molar-refractivity contribution is 6.25. The van der Waals surface area contributed by atoms with Crippen molar-refractivity contribution in [2.45, 2.75) is 45.5 Å². The summed E-state index contributed by atoms with van der Waals surface area (Å²) < 4.78 is 46.8. The molecule has 0 bridgehead atoms. The molecular weight excluding hydrogens is 513 g/mol. The molecule has 0 fully saturated rings. The van der Waals surface area contributed by atoms with E-state index in [2.05, 4.69) is 4.98 Å². The molecule has 2 aromatic carbocycles. The zero-order valence-electron chi connectivity index (χ0n) is 21.5. The van der Waals surface area contributed by atoms with Crippen molar-refractivity contribution in [3.63, 3.8) is 0 Å². The van der Waals surface area contributed by atoms with Crippen molar-refractivity contribution < 1.29 is 37.4 Å². The Balaban J connectivity index is 2.05. The fourth-order valence-corrected chi connectivity index (χ4v) is 4.15. The Morgan fingerprint density at radius 3 is 2.36 bits per heavy atom. The topological polar surface area (TPSA) is 96.8 Å². The fourth-order valence-electron chi connectivity index (χ4n) is 4.15. The largest absolute Gasteiger partial charge is 0.487 e. The number of carbonyl (C=O) groups excluding carboxylic acids is 2. The summed E-state index contributed by atoms with van der Waals surface area (Å²) in [6, 6.07) is 12.0. The Bertz CT molecular complexity index is 1280. The molecule has 39 heavy (non-hydrogen) atoms. The van der Waals surface area contributed by atoms with Gasteiger partial charge in [0.05, 0.1) is 16.8 Å². The molecule has 1 atom stereocenters. The number of Topliss-reactive ketones (excluding diaryl/α,β-unsaturated/α-hetero) is 1. The van der Waals surface area contributed by atoms with Gasteiger partial charge in [0.15, 0.2) is 12.1 Å². The summed E-state index contributed by atoms with van der Waals surface area (Å²) >= 11 is 0. The van der Waals surface area contributed by atoms with Crippen molar-refractivity contribution in [2.24, 2.45) is 5.92 Å². The highest BCUT2D eigenvalue weighted by Crippen LogP contribution is 2.39. The van der Waals surface area contributed by atoms with E-state index in [1.165, 1.54) is 30.3 Å². The number of hydrogen-bond acceptors (Lipinski definition) is 6. The Morgan fingerprint density at radius 2 is 1.79 bits per heavy atom. The van der Waals surface area contributed by atoms with E-state index in [1.807, 2.05) is 24.8 Å². The molecule has 0 radical (unpaired) electrons. The van der Waals surface area contributed by atoms with Gasteiger partial charge in [-0.2, -0.15) is 13.2 Å². The quantitative estimate of drug-likeness (QED) is 0.222. The van der Waals surface area contributed by atoms with E-state index < -0.39 is 29.5 Å². The van der Waals surface area contributed by atoms with Crippen LogP contribution in [0.4, 0.5) is 18.9 Å². The van der Waals surface area contributed by atoms with Crippen LogP contribution in [0.3, 0.4) is 0 Å². The fraction of sp³-hybridized carbons (Fsp3) is 0.310. The van der Waals surface area contributed by atoms with Gasteiger partial charge in [-0.3, -0.25) is 14.6 Å². The SMILES string of the molecule is CC(C)CN(c1ccc(C(F)(F)F)cc1OCc1ccc(C(=O)O)cc1)C(CC(=O)C=O)Cc1cccnc1. The summed E-state index contributed by atoms with van der Waals surface area (Å²) in [5.74, 6) is -1.74. The number of hydrogen-bond donors (Lipinski definition) is 1. The Morgan fingerprint density at radius 1 is 1.08 bits per heavy atom. The van der Waals surface area contributed by atoms with Crippen molar-refractivity contribution >= 4 is 23.7 Å². The number of carboxylic acid groups (broad SMARTS) is 1. The number of pyridine rings is 1. The predicted octanol–water partition coefficient (Wildman–Crippen LogP) is 5.61. The number of carbonyl (C=O) groups is 3. The summed E-state index contributed by atoms with van der Waals surface area (Å²) in [5.41, 5.74) is 0.857. The lowest BCUT2D eigenvalue weighted by Gasteiger charge is -2.36. The van der Waals surface area contributed by atoms with Crippen molar-refractivity contribution in [3.8, 4) is 5.75 Å². The second kappa shape index (κ2) is 13.0. The second-order valence-corrected chi connectivity index (χ2v) is 9.52. The molecule has 10 heteroatoms. The van der Waals surface area contributed by atoms with Gasteiger partial charge in [0.2, 0.25) is 0 Å². The number of aldehydes is 1. The lowest BCUT2D eigenvalue weighted by molar-refractivity contribution is -0.137. The number of halogens is 3. The van der Waals surface area contributed by atoms with E-state index in [1.54, 1.807) is 18.5 Å².